The molecule has 1 saturated carbocycles. The fourth-order valence-electron chi connectivity index (χ4n) is 4.22. The standard InChI is InChI=1S/C26H22BrFN2O4S/c1-29-26(31)24-21-12-20(16-4-5-16)22(30(35(32)33)14-15-2-8-18(27)9-3-15)13-23(21)34-25(24)17-6-10-19(28)11-7-17/h2-3,6-13,16H,4-5,14H2,1H3,(H,29,31)(H,32,33). The molecule has 1 unspecified atom stereocenters. The van der Waals surface area contributed by atoms with Crippen LogP contribution in [0, 0.1) is 5.82 Å². The fraction of sp³-hybridized carbons (Fsp3) is 0.192. The average Bonchev–Trinajstić information content (AvgIpc) is 3.63. The van der Waals surface area contributed by atoms with Crippen molar-refractivity contribution in [3.63, 3.8) is 0 Å². The molecule has 2 N–H and O–H groups in total. The largest absolute Gasteiger partial charge is 0.455 e. The first kappa shape index (κ1) is 23.7. The predicted octanol–water partition coefficient (Wildman–Crippen LogP) is 6.38. The zero-order valence-electron chi connectivity index (χ0n) is 18.8. The molecule has 1 aliphatic carbocycles. The van der Waals surface area contributed by atoms with Crippen molar-refractivity contribution in [1.29, 1.82) is 0 Å². The minimum atomic E-state index is -2.29. The van der Waals surface area contributed by atoms with Crippen LogP contribution in [0.5, 0.6) is 0 Å². The van der Waals surface area contributed by atoms with Crippen molar-refractivity contribution < 1.29 is 22.4 Å². The van der Waals surface area contributed by atoms with E-state index < -0.39 is 17.1 Å². The molecule has 1 heterocycles. The summed E-state index contributed by atoms with van der Waals surface area (Å²) in [6.07, 6.45) is 1.92. The molecule has 3 aromatic carbocycles. The molecule has 1 amide bonds. The van der Waals surface area contributed by atoms with Gasteiger partial charge in [0.05, 0.1) is 17.8 Å². The summed E-state index contributed by atoms with van der Waals surface area (Å²) in [6.45, 7) is 0.218. The number of amides is 1. The van der Waals surface area contributed by atoms with Crippen molar-refractivity contribution in [2.45, 2.75) is 25.3 Å². The highest BCUT2D eigenvalue weighted by atomic mass is 79.9. The summed E-state index contributed by atoms with van der Waals surface area (Å²) in [4.78, 5) is 12.9. The van der Waals surface area contributed by atoms with E-state index in [1.54, 1.807) is 25.2 Å². The molecule has 1 aromatic heterocycles. The van der Waals surface area contributed by atoms with Crippen LogP contribution in [0.1, 0.15) is 40.2 Å². The molecular weight excluding hydrogens is 535 g/mol. The molecule has 0 spiro atoms. The first-order valence-electron chi connectivity index (χ1n) is 11.1. The van der Waals surface area contributed by atoms with Gasteiger partial charge in [-0.1, -0.05) is 28.1 Å². The summed E-state index contributed by atoms with van der Waals surface area (Å²) in [6, 6.07) is 16.9. The summed E-state index contributed by atoms with van der Waals surface area (Å²) in [7, 11) is 1.54. The predicted molar refractivity (Wildman–Crippen MR) is 138 cm³/mol. The number of carbonyl (C=O) groups is 1. The van der Waals surface area contributed by atoms with E-state index in [9.17, 15) is 17.9 Å². The third kappa shape index (κ3) is 4.76. The van der Waals surface area contributed by atoms with Crippen molar-refractivity contribution in [3.05, 3.63) is 87.6 Å². The maximum atomic E-state index is 13.5. The van der Waals surface area contributed by atoms with E-state index in [0.29, 0.717) is 33.5 Å². The minimum Gasteiger partial charge on any atom is -0.455 e. The number of carbonyl (C=O) groups excluding carboxylic acids is 1. The maximum Gasteiger partial charge on any atom is 0.262 e. The Kier molecular flexibility index (Phi) is 6.48. The Hall–Kier alpha value is -3.01. The lowest BCUT2D eigenvalue weighted by atomic mass is 10.00. The molecule has 0 bridgehead atoms. The zero-order chi connectivity index (χ0) is 24.7. The van der Waals surface area contributed by atoms with Gasteiger partial charge in [-0.05, 0) is 72.4 Å². The monoisotopic (exact) mass is 556 g/mol. The molecule has 0 saturated heterocycles. The van der Waals surface area contributed by atoms with Crippen LogP contribution in [0.2, 0.25) is 0 Å². The number of anilines is 1. The molecule has 35 heavy (non-hydrogen) atoms. The molecule has 1 aliphatic rings. The number of hydrogen-bond acceptors (Lipinski definition) is 3. The second-order valence-electron chi connectivity index (χ2n) is 8.47. The Morgan fingerprint density at radius 3 is 2.46 bits per heavy atom. The van der Waals surface area contributed by atoms with Crippen LogP contribution in [0.15, 0.2) is 69.6 Å². The van der Waals surface area contributed by atoms with Crippen molar-refractivity contribution in [1.82, 2.24) is 5.32 Å². The van der Waals surface area contributed by atoms with E-state index in [2.05, 4.69) is 21.2 Å². The van der Waals surface area contributed by atoms with Gasteiger partial charge in [0.1, 0.15) is 17.2 Å². The number of hydrogen-bond donors (Lipinski definition) is 2. The molecular formula is C26H22BrFN2O4S. The van der Waals surface area contributed by atoms with E-state index in [4.69, 9.17) is 4.42 Å². The van der Waals surface area contributed by atoms with Crippen LogP contribution < -0.4 is 9.62 Å². The molecule has 0 aliphatic heterocycles. The second kappa shape index (κ2) is 9.56. The number of benzene rings is 3. The zero-order valence-corrected chi connectivity index (χ0v) is 21.2. The van der Waals surface area contributed by atoms with Gasteiger partial charge >= 0.3 is 0 Å². The van der Waals surface area contributed by atoms with Crippen molar-refractivity contribution in [2.75, 3.05) is 11.4 Å². The Morgan fingerprint density at radius 1 is 1.17 bits per heavy atom. The van der Waals surface area contributed by atoms with Gasteiger partial charge in [0, 0.05) is 28.5 Å². The van der Waals surface area contributed by atoms with Crippen LogP contribution in [0.4, 0.5) is 10.1 Å². The molecule has 1 atom stereocenters. The van der Waals surface area contributed by atoms with Crippen LogP contribution >= 0.6 is 15.9 Å². The quantitative estimate of drug-likeness (QED) is 0.259. The number of furan rings is 1. The lowest BCUT2D eigenvalue weighted by Crippen LogP contribution is -2.25. The second-order valence-corrected chi connectivity index (χ2v) is 10.3. The average molecular weight is 557 g/mol. The number of rotatable bonds is 7. The third-order valence-corrected chi connectivity index (χ3v) is 7.34. The lowest BCUT2D eigenvalue weighted by Gasteiger charge is -2.23. The van der Waals surface area contributed by atoms with E-state index >= 15 is 0 Å². The smallest absolute Gasteiger partial charge is 0.262 e. The van der Waals surface area contributed by atoms with E-state index in [-0.39, 0.29) is 18.4 Å². The summed E-state index contributed by atoms with van der Waals surface area (Å²) in [5.41, 5.74) is 3.68. The summed E-state index contributed by atoms with van der Waals surface area (Å²) in [5, 5.41) is 3.27. The van der Waals surface area contributed by atoms with Gasteiger partial charge in [-0.2, -0.15) is 0 Å². The molecule has 0 radical (unpaired) electrons. The van der Waals surface area contributed by atoms with Gasteiger partial charge in [0.2, 0.25) is 0 Å². The third-order valence-electron chi connectivity index (χ3n) is 6.11. The van der Waals surface area contributed by atoms with Crippen LogP contribution in [0.3, 0.4) is 0 Å². The number of fused-ring (bicyclic) bond motifs is 1. The topological polar surface area (TPSA) is 82.8 Å². The minimum absolute atomic E-state index is 0.218. The molecule has 1 fully saturated rings. The Balaban J connectivity index is 1.69. The van der Waals surface area contributed by atoms with Crippen molar-refractivity contribution in [3.8, 4) is 11.3 Å². The Morgan fingerprint density at radius 2 is 1.86 bits per heavy atom. The molecule has 4 aromatic rings. The number of halogens is 2. The van der Waals surface area contributed by atoms with Crippen LogP contribution in [-0.4, -0.2) is 21.7 Å². The Bertz CT molecular complexity index is 1430. The van der Waals surface area contributed by atoms with Crippen molar-refractivity contribution in [2.24, 2.45) is 0 Å². The molecule has 9 heteroatoms. The van der Waals surface area contributed by atoms with E-state index in [1.807, 2.05) is 30.3 Å². The van der Waals surface area contributed by atoms with Gasteiger partial charge in [-0.15, -0.1) is 0 Å². The van der Waals surface area contributed by atoms with E-state index in [1.165, 1.54) is 16.4 Å². The molecule has 180 valence electrons. The highest BCUT2D eigenvalue weighted by Crippen LogP contribution is 2.48. The Labute approximate surface area is 212 Å². The maximum absolute atomic E-state index is 13.5. The number of nitrogens with one attached hydrogen (secondary N) is 1. The van der Waals surface area contributed by atoms with Crippen molar-refractivity contribution >= 4 is 49.8 Å². The van der Waals surface area contributed by atoms with Gasteiger partial charge < -0.3 is 9.73 Å². The summed E-state index contributed by atoms with van der Waals surface area (Å²) >= 11 is 1.12. The van der Waals surface area contributed by atoms with Crippen LogP contribution in [0.25, 0.3) is 22.3 Å². The first-order chi connectivity index (χ1) is 16.9. The van der Waals surface area contributed by atoms with Gasteiger partial charge in [-0.25, -0.2) is 8.60 Å². The van der Waals surface area contributed by atoms with Gasteiger partial charge in [0.15, 0.2) is 0 Å². The van der Waals surface area contributed by atoms with Gasteiger partial charge in [0.25, 0.3) is 17.2 Å². The van der Waals surface area contributed by atoms with E-state index in [0.717, 1.165) is 28.4 Å². The SMILES string of the molecule is CNC(=O)c1c(-c2ccc(F)cc2)oc2cc(N(Cc3ccc(Br)cc3)S(=O)O)c(C3CC3)cc12. The fourth-order valence-corrected chi connectivity index (χ4v) is 5.07. The highest BCUT2D eigenvalue weighted by molar-refractivity contribution is 9.10. The lowest BCUT2D eigenvalue weighted by molar-refractivity contribution is 0.0964. The highest BCUT2D eigenvalue weighted by Gasteiger charge is 2.32. The van der Waals surface area contributed by atoms with Crippen LogP contribution in [-0.2, 0) is 17.8 Å². The molecule has 5 rings (SSSR count). The molecule has 6 nitrogen and oxygen atoms in total. The number of nitrogens with zero attached hydrogens (tertiary/aromatic N) is 1. The summed E-state index contributed by atoms with van der Waals surface area (Å²) < 4.78 is 44.7. The normalized spacial score (nSPS) is 14.2. The summed E-state index contributed by atoms with van der Waals surface area (Å²) in [5.74, 6) is -0.163. The van der Waals surface area contributed by atoms with Gasteiger partial charge in [-0.3, -0.25) is 13.7 Å². The first-order valence-corrected chi connectivity index (χ1v) is 12.9.